The van der Waals surface area contributed by atoms with Crippen molar-refractivity contribution in [2.45, 2.75) is 12.2 Å². The smallest absolute Gasteiger partial charge is 0.212 e. The lowest BCUT2D eigenvalue weighted by molar-refractivity contribution is -0.107. The Morgan fingerprint density at radius 1 is 0.895 bits per heavy atom. The van der Waals surface area contributed by atoms with Crippen molar-refractivity contribution in [2.75, 3.05) is 0 Å². The fraction of sp³-hybridized carbons (Fsp3) is 0.118. The van der Waals surface area contributed by atoms with Crippen LogP contribution in [0.3, 0.4) is 0 Å². The predicted octanol–water partition coefficient (Wildman–Crippen LogP) is 4.25. The van der Waals surface area contributed by atoms with Gasteiger partial charge in [-0.3, -0.25) is 4.79 Å². The third-order valence-corrected chi connectivity index (χ3v) is 3.57. The molecule has 2 aromatic carbocycles. The van der Waals surface area contributed by atoms with Crippen molar-refractivity contribution in [3.63, 3.8) is 0 Å². The van der Waals surface area contributed by atoms with E-state index in [1.54, 1.807) is 6.08 Å². The van der Waals surface area contributed by atoms with Crippen LogP contribution in [-0.2, 0) is 17.0 Å². The van der Waals surface area contributed by atoms with Crippen molar-refractivity contribution >= 4 is 16.9 Å². The van der Waals surface area contributed by atoms with E-state index in [2.05, 4.69) is 12.1 Å². The third kappa shape index (κ3) is 5.14. The van der Waals surface area contributed by atoms with Crippen molar-refractivity contribution in [3.05, 3.63) is 83.9 Å². The first kappa shape index (κ1) is 13.6. The van der Waals surface area contributed by atoms with Crippen LogP contribution in [0.2, 0.25) is 0 Å². The topological polar surface area (TPSA) is 17.1 Å². The normalized spacial score (nSPS) is 10.7. The van der Waals surface area contributed by atoms with Crippen molar-refractivity contribution < 1.29 is 4.79 Å². The molecular formula is C17H16OS. The van der Waals surface area contributed by atoms with Gasteiger partial charge in [0.25, 0.3) is 0 Å². The number of thioether (sulfide) groups is 1. The summed E-state index contributed by atoms with van der Waals surface area (Å²) in [6, 6.07) is 20.2. The molecule has 0 N–H and O–H groups in total. The van der Waals surface area contributed by atoms with Gasteiger partial charge in [0, 0.05) is 5.75 Å². The van der Waals surface area contributed by atoms with E-state index in [4.69, 9.17) is 0 Å². The monoisotopic (exact) mass is 268 g/mol. The molecule has 2 rings (SSSR count). The highest BCUT2D eigenvalue weighted by Crippen LogP contribution is 2.13. The number of carbonyl (C=O) groups is 1. The Kier molecular flexibility index (Phi) is 5.45. The molecule has 2 aromatic rings. The number of carbonyl (C=O) groups excluding carboxylic acids is 1. The number of hydrogen-bond donors (Lipinski definition) is 0. The Morgan fingerprint density at radius 3 is 2.11 bits per heavy atom. The Bertz CT molecular complexity index is 532. The van der Waals surface area contributed by atoms with Gasteiger partial charge in [-0.25, -0.2) is 0 Å². The van der Waals surface area contributed by atoms with Crippen LogP contribution in [-0.4, -0.2) is 5.12 Å². The lowest BCUT2D eigenvalue weighted by Gasteiger charge is -1.98. The Labute approximate surface area is 118 Å². The summed E-state index contributed by atoms with van der Waals surface area (Å²) in [5.41, 5.74) is 2.40. The molecule has 0 fully saturated rings. The maximum Gasteiger partial charge on any atom is 0.212 e. The van der Waals surface area contributed by atoms with Gasteiger partial charge >= 0.3 is 0 Å². The summed E-state index contributed by atoms with van der Waals surface area (Å²) < 4.78 is 0. The number of rotatable bonds is 5. The van der Waals surface area contributed by atoms with E-state index in [0.717, 1.165) is 12.2 Å². The number of hydrogen-bond acceptors (Lipinski definition) is 2. The van der Waals surface area contributed by atoms with E-state index in [-0.39, 0.29) is 5.12 Å². The van der Waals surface area contributed by atoms with Crippen molar-refractivity contribution in [2.24, 2.45) is 0 Å². The summed E-state index contributed by atoms with van der Waals surface area (Å²) in [6.07, 6.45) is 4.40. The van der Waals surface area contributed by atoms with Crippen LogP contribution >= 0.6 is 11.8 Å². The van der Waals surface area contributed by atoms with Gasteiger partial charge in [-0.05, 0) is 23.6 Å². The van der Waals surface area contributed by atoms with Gasteiger partial charge in [0.2, 0.25) is 5.12 Å². The summed E-state index contributed by atoms with van der Waals surface area (Å²) in [4.78, 5) is 11.7. The van der Waals surface area contributed by atoms with Crippen LogP contribution in [0, 0.1) is 0 Å². The van der Waals surface area contributed by atoms with Crippen LogP contribution < -0.4 is 0 Å². The maximum absolute atomic E-state index is 11.7. The molecule has 0 spiro atoms. The first-order valence-corrected chi connectivity index (χ1v) is 7.24. The van der Waals surface area contributed by atoms with Crippen LogP contribution in [0.1, 0.15) is 11.1 Å². The molecule has 0 radical (unpaired) electrons. The lowest BCUT2D eigenvalue weighted by Crippen LogP contribution is -1.88. The molecule has 0 aliphatic rings. The second-order valence-electron chi connectivity index (χ2n) is 4.19. The fourth-order valence-electron chi connectivity index (χ4n) is 1.68. The van der Waals surface area contributed by atoms with Crippen molar-refractivity contribution in [1.29, 1.82) is 0 Å². The van der Waals surface area contributed by atoms with Crippen LogP contribution in [0.4, 0.5) is 0 Å². The maximum atomic E-state index is 11.7. The second-order valence-corrected chi connectivity index (χ2v) is 5.17. The highest BCUT2D eigenvalue weighted by molar-refractivity contribution is 8.13. The molecule has 0 saturated heterocycles. The van der Waals surface area contributed by atoms with Crippen LogP contribution in [0.15, 0.2) is 72.8 Å². The quantitative estimate of drug-likeness (QED) is 0.754. The molecule has 1 nitrogen and oxygen atoms in total. The van der Waals surface area contributed by atoms with E-state index in [1.807, 2.05) is 54.6 Å². The Hall–Kier alpha value is -1.80. The zero-order valence-corrected chi connectivity index (χ0v) is 11.5. The molecule has 0 heterocycles. The van der Waals surface area contributed by atoms with E-state index >= 15 is 0 Å². The van der Waals surface area contributed by atoms with Gasteiger partial charge in [0.1, 0.15) is 0 Å². The van der Waals surface area contributed by atoms with Gasteiger partial charge < -0.3 is 0 Å². The molecule has 0 bridgehead atoms. The average molecular weight is 268 g/mol. The standard InChI is InChI=1S/C17H16OS/c18-17(19-14-16-10-5-2-6-11-16)13-7-12-15-8-3-1-4-9-15/h1-11,13H,12,14H2/b13-7+. The van der Waals surface area contributed by atoms with E-state index < -0.39 is 0 Å². The molecule has 2 heteroatoms. The van der Waals surface area contributed by atoms with Crippen molar-refractivity contribution in [3.8, 4) is 0 Å². The van der Waals surface area contributed by atoms with Crippen molar-refractivity contribution in [1.82, 2.24) is 0 Å². The molecule has 0 aromatic heterocycles. The highest BCUT2D eigenvalue weighted by atomic mass is 32.2. The van der Waals surface area contributed by atoms with Gasteiger partial charge in [0.05, 0.1) is 0 Å². The molecule has 0 aliphatic carbocycles. The summed E-state index contributed by atoms with van der Waals surface area (Å²) in [5, 5.41) is 0.111. The van der Waals surface area contributed by atoms with Gasteiger partial charge in [-0.2, -0.15) is 0 Å². The first-order chi connectivity index (χ1) is 9.34. The Morgan fingerprint density at radius 2 is 1.47 bits per heavy atom. The molecular weight excluding hydrogens is 252 g/mol. The minimum atomic E-state index is 0.111. The summed E-state index contributed by atoms with van der Waals surface area (Å²) in [7, 11) is 0. The molecule has 0 saturated carbocycles. The zero-order chi connectivity index (χ0) is 13.3. The van der Waals surface area contributed by atoms with E-state index in [0.29, 0.717) is 0 Å². The zero-order valence-electron chi connectivity index (χ0n) is 10.7. The molecule has 0 atom stereocenters. The SMILES string of the molecule is O=C(/C=C/Cc1ccccc1)SCc1ccccc1. The number of benzene rings is 2. The summed E-state index contributed by atoms with van der Waals surface area (Å²) in [5.74, 6) is 0.731. The van der Waals surface area contributed by atoms with Crippen LogP contribution in [0.5, 0.6) is 0 Å². The van der Waals surface area contributed by atoms with Gasteiger partial charge in [-0.1, -0.05) is 78.5 Å². The van der Waals surface area contributed by atoms with Gasteiger partial charge in [-0.15, -0.1) is 0 Å². The number of allylic oxidation sites excluding steroid dienone is 1. The Balaban J connectivity index is 1.75. The molecule has 0 aliphatic heterocycles. The van der Waals surface area contributed by atoms with Crippen LogP contribution in [0.25, 0.3) is 0 Å². The molecule has 96 valence electrons. The summed E-state index contributed by atoms with van der Waals surface area (Å²) >= 11 is 1.34. The second kappa shape index (κ2) is 7.59. The first-order valence-electron chi connectivity index (χ1n) is 6.26. The average Bonchev–Trinajstić information content (AvgIpc) is 2.47. The molecule has 0 unspecified atom stereocenters. The van der Waals surface area contributed by atoms with E-state index in [9.17, 15) is 4.79 Å². The van der Waals surface area contributed by atoms with E-state index in [1.165, 1.54) is 22.9 Å². The minimum Gasteiger partial charge on any atom is -0.282 e. The minimum absolute atomic E-state index is 0.111. The third-order valence-electron chi connectivity index (χ3n) is 2.67. The van der Waals surface area contributed by atoms with Gasteiger partial charge in [0.15, 0.2) is 0 Å². The fourth-order valence-corrected chi connectivity index (χ4v) is 2.38. The largest absolute Gasteiger partial charge is 0.282 e. The predicted molar refractivity (Wildman–Crippen MR) is 82.0 cm³/mol. The molecule has 19 heavy (non-hydrogen) atoms. The highest BCUT2D eigenvalue weighted by Gasteiger charge is 1.98. The summed E-state index contributed by atoms with van der Waals surface area (Å²) in [6.45, 7) is 0. The molecule has 0 amide bonds. The lowest BCUT2D eigenvalue weighted by atomic mass is 10.1.